The van der Waals surface area contributed by atoms with Crippen LogP contribution in [0.5, 0.6) is 0 Å². The average molecular weight is 450 g/mol. The van der Waals surface area contributed by atoms with Crippen LogP contribution in [0.1, 0.15) is 16.1 Å². The summed E-state index contributed by atoms with van der Waals surface area (Å²) in [4.78, 5) is 6.36. The SMILES string of the molecule is Cc1c(Cl)cccc1S(=O)(=O)NCc1sc2nc(-c3ccc(F)cc3)cn2c1C. The summed E-state index contributed by atoms with van der Waals surface area (Å²) in [7, 11) is -3.70. The fraction of sp³-hybridized carbons (Fsp3) is 0.150. The summed E-state index contributed by atoms with van der Waals surface area (Å²) in [6.45, 7) is 3.74. The molecule has 0 saturated carbocycles. The summed E-state index contributed by atoms with van der Waals surface area (Å²) in [5, 5.41) is 0.409. The molecule has 1 N–H and O–H groups in total. The minimum absolute atomic E-state index is 0.153. The van der Waals surface area contributed by atoms with Crippen molar-refractivity contribution in [3.63, 3.8) is 0 Å². The van der Waals surface area contributed by atoms with E-state index in [-0.39, 0.29) is 17.3 Å². The fourth-order valence-electron chi connectivity index (χ4n) is 3.03. The van der Waals surface area contributed by atoms with Crippen LogP contribution in [0.2, 0.25) is 5.02 Å². The first-order valence-electron chi connectivity index (χ1n) is 8.74. The molecule has 0 aliphatic heterocycles. The maximum atomic E-state index is 13.1. The zero-order chi connectivity index (χ0) is 20.8. The number of hydrogen-bond donors (Lipinski definition) is 1. The van der Waals surface area contributed by atoms with E-state index in [1.807, 2.05) is 17.5 Å². The van der Waals surface area contributed by atoms with Gasteiger partial charge in [0.25, 0.3) is 0 Å². The van der Waals surface area contributed by atoms with Gasteiger partial charge in [-0.05, 0) is 55.8 Å². The maximum Gasteiger partial charge on any atom is 0.241 e. The van der Waals surface area contributed by atoms with Gasteiger partial charge in [0.05, 0.1) is 10.6 Å². The van der Waals surface area contributed by atoms with Crippen LogP contribution in [0.4, 0.5) is 4.39 Å². The van der Waals surface area contributed by atoms with Crippen molar-refractivity contribution in [2.75, 3.05) is 0 Å². The van der Waals surface area contributed by atoms with Crippen LogP contribution < -0.4 is 4.72 Å². The lowest BCUT2D eigenvalue weighted by molar-refractivity contribution is 0.581. The highest BCUT2D eigenvalue weighted by Crippen LogP contribution is 2.28. The number of imidazole rings is 1. The molecule has 2 aromatic heterocycles. The van der Waals surface area contributed by atoms with E-state index in [1.165, 1.54) is 29.5 Å². The second-order valence-corrected chi connectivity index (χ2v) is 9.79. The van der Waals surface area contributed by atoms with Gasteiger partial charge in [-0.3, -0.25) is 4.40 Å². The van der Waals surface area contributed by atoms with Gasteiger partial charge in [0, 0.05) is 33.9 Å². The van der Waals surface area contributed by atoms with Gasteiger partial charge in [-0.25, -0.2) is 22.5 Å². The van der Waals surface area contributed by atoms with E-state index in [9.17, 15) is 12.8 Å². The Bertz CT molecular complexity index is 1310. The number of sulfonamides is 1. The predicted molar refractivity (Wildman–Crippen MR) is 113 cm³/mol. The van der Waals surface area contributed by atoms with E-state index < -0.39 is 10.0 Å². The molecule has 0 amide bonds. The van der Waals surface area contributed by atoms with Crippen LogP contribution in [-0.2, 0) is 16.6 Å². The molecule has 0 spiro atoms. The lowest BCUT2D eigenvalue weighted by Gasteiger charge is -2.10. The summed E-state index contributed by atoms with van der Waals surface area (Å²) >= 11 is 7.46. The number of nitrogens with zero attached hydrogens (tertiary/aromatic N) is 2. The predicted octanol–water partition coefficient (Wildman–Crippen LogP) is 4.95. The Morgan fingerprint density at radius 3 is 2.59 bits per heavy atom. The normalized spacial score (nSPS) is 12.0. The first-order chi connectivity index (χ1) is 13.8. The number of fused-ring (bicyclic) bond motifs is 1. The van der Waals surface area contributed by atoms with Crippen molar-refractivity contribution < 1.29 is 12.8 Å². The third-order valence-corrected chi connectivity index (χ3v) is 7.84. The van der Waals surface area contributed by atoms with Crippen LogP contribution in [0.3, 0.4) is 0 Å². The number of thiazole rings is 1. The molecular formula is C20H17ClFN3O2S2. The second-order valence-electron chi connectivity index (χ2n) is 6.58. The lowest BCUT2D eigenvalue weighted by Crippen LogP contribution is -2.24. The Hall–Kier alpha value is -2.26. The molecule has 0 aliphatic rings. The monoisotopic (exact) mass is 449 g/mol. The third-order valence-electron chi connectivity index (χ3n) is 4.72. The number of rotatable bonds is 5. The van der Waals surface area contributed by atoms with Crippen molar-refractivity contribution in [3.05, 3.63) is 75.6 Å². The van der Waals surface area contributed by atoms with E-state index in [4.69, 9.17) is 11.6 Å². The highest BCUT2D eigenvalue weighted by Gasteiger charge is 2.20. The Morgan fingerprint density at radius 1 is 1.17 bits per heavy atom. The van der Waals surface area contributed by atoms with Gasteiger partial charge in [0.15, 0.2) is 4.96 Å². The summed E-state index contributed by atoms with van der Waals surface area (Å²) < 4.78 is 43.1. The van der Waals surface area contributed by atoms with Gasteiger partial charge in [-0.2, -0.15) is 0 Å². The molecule has 0 unspecified atom stereocenters. The van der Waals surface area contributed by atoms with Crippen molar-refractivity contribution >= 4 is 37.9 Å². The lowest BCUT2D eigenvalue weighted by atomic mass is 10.2. The smallest absolute Gasteiger partial charge is 0.241 e. The van der Waals surface area contributed by atoms with Crippen LogP contribution in [0.25, 0.3) is 16.2 Å². The molecule has 4 aromatic rings. The number of aryl methyl sites for hydroxylation is 1. The molecule has 0 radical (unpaired) electrons. The molecule has 5 nitrogen and oxygen atoms in total. The highest BCUT2D eigenvalue weighted by molar-refractivity contribution is 7.89. The highest BCUT2D eigenvalue weighted by atomic mass is 35.5. The van der Waals surface area contributed by atoms with E-state index in [2.05, 4.69) is 9.71 Å². The topological polar surface area (TPSA) is 63.5 Å². The summed E-state index contributed by atoms with van der Waals surface area (Å²) in [5.74, 6) is -0.296. The Balaban J connectivity index is 1.59. The molecule has 2 aromatic carbocycles. The number of hydrogen-bond acceptors (Lipinski definition) is 4. The molecule has 29 heavy (non-hydrogen) atoms. The van der Waals surface area contributed by atoms with E-state index in [0.29, 0.717) is 10.6 Å². The van der Waals surface area contributed by atoms with Crippen LogP contribution in [-0.4, -0.2) is 17.8 Å². The van der Waals surface area contributed by atoms with Crippen molar-refractivity contribution in [2.24, 2.45) is 0 Å². The molecule has 0 aliphatic carbocycles. The molecule has 150 valence electrons. The Labute approximate surface area is 176 Å². The minimum Gasteiger partial charge on any atom is -0.294 e. The van der Waals surface area contributed by atoms with Gasteiger partial charge < -0.3 is 0 Å². The largest absolute Gasteiger partial charge is 0.294 e. The van der Waals surface area contributed by atoms with Crippen LogP contribution >= 0.6 is 22.9 Å². The first kappa shape index (κ1) is 20.0. The standard InChI is InChI=1S/C20H17ClFN3O2S2/c1-12-16(21)4-3-5-19(12)29(26,27)23-10-18-13(2)25-11-17(24-20(25)28-18)14-6-8-15(22)9-7-14/h3-9,11,23H,10H2,1-2H3. The van der Waals surface area contributed by atoms with Crippen LogP contribution in [0.15, 0.2) is 53.6 Å². The molecule has 0 bridgehead atoms. The summed E-state index contributed by atoms with van der Waals surface area (Å²) in [6, 6.07) is 11.0. The Morgan fingerprint density at radius 2 is 1.90 bits per heavy atom. The average Bonchev–Trinajstić information content (AvgIpc) is 3.22. The van der Waals surface area contributed by atoms with Crippen molar-refractivity contribution in [1.82, 2.24) is 14.1 Å². The first-order valence-corrected chi connectivity index (χ1v) is 11.4. The third kappa shape index (κ3) is 3.81. The van der Waals surface area contributed by atoms with Gasteiger partial charge in [-0.15, -0.1) is 0 Å². The molecule has 0 fully saturated rings. The van der Waals surface area contributed by atoms with E-state index in [0.717, 1.165) is 26.8 Å². The summed E-state index contributed by atoms with van der Waals surface area (Å²) in [5.41, 5.74) is 2.97. The molecule has 4 rings (SSSR count). The molecular weight excluding hydrogens is 433 g/mol. The number of halogens is 2. The maximum absolute atomic E-state index is 13.1. The van der Waals surface area contributed by atoms with Crippen LogP contribution in [0, 0.1) is 19.7 Å². The van der Waals surface area contributed by atoms with Crippen molar-refractivity contribution in [1.29, 1.82) is 0 Å². The molecule has 9 heteroatoms. The Kier molecular flexibility index (Phi) is 5.20. The van der Waals surface area contributed by atoms with Gasteiger partial charge in [-0.1, -0.05) is 29.0 Å². The molecule has 0 atom stereocenters. The zero-order valence-electron chi connectivity index (χ0n) is 15.6. The van der Waals surface area contributed by atoms with Crippen molar-refractivity contribution in [3.8, 4) is 11.3 Å². The minimum atomic E-state index is -3.70. The number of benzene rings is 2. The van der Waals surface area contributed by atoms with Crippen molar-refractivity contribution in [2.45, 2.75) is 25.3 Å². The number of aromatic nitrogens is 2. The molecule has 2 heterocycles. The van der Waals surface area contributed by atoms with E-state index in [1.54, 1.807) is 31.2 Å². The van der Waals surface area contributed by atoms with Gasteiger partial charge in [0.2, 0.25) is 10.0 Å². The quantitative estimate of drug-likeness (QED) is 0.468. The number of nitrogens with one attached hydrogen (secondary N) is 1. The summed E-state index contributed by atoms with van der Waals surface area (Å²) in [6.07, 6.45) is 1.87. The molecule has 0 saturated heterocycles. The fourth-order valence-corrected chi connectivity index (χ4v) is 5.66. The zero-order valence-corrected chi connectivity index (χ0v) is 18.0. The van der Waals surface area contributed by atoms with E-state index >= 15 is 0 Å². The van der Waals surface area contributed by atoms with Gasteiger partial charge in [0.1, 0.15) is 5.82 Å². The van der Waals surface area contributed by atoms with Gasteiger partial charge >= 0.3 is 0 Å². The second kappa shape index (κ2) is 7.53.